The maximum absolute atomic E-state index is 13.0. The molecule has 35 heavy (non-hydrogen) atoms. The number of allylic oxidation sites excluding steroid dienone is 4. The largest absolute Gasteiger partial charge is 0.464 e. The SMILES string of the molecule is CCCCCN(CCCCC)CC(=O)OC[C@@]1(C)CCC[C@]2(C)[C@@H]1CC=C1C=C(C(C)C)CC[C@@H]12. The number of nitrogens with zero attached hydrogens (tertiary/aromatic N) is 1. The first-order chi connectivity index (χ1) is 16.7. The van der Waals surface area contributed by atoms with E-state index >= 15 is 0 Å². The van der Waals surface area contributed by atoms with Crippen LogP contribution in [0.1, 0.15) is 119 Å². The molecule has 3 rings (SSSR count). The molecule has 0 aromatic carbocycles. The average molecular weight is 486 g/mol. The molecule has 0 radical (unpaired) electrons. The van der Waals surface area contributed by atoms with Crippen molar-refractivity contribution in [2.45, 2.75) is 119 Å². The minimum Gasteiger partial charge on any atom is -0.464 e. The number of ether oxygens (including phenoxy) is 1. The van der Waals surface area contributed by atoms with Crippen LogP contribution in [0.4, 0.5) is 0 Å². The summed E-state index contributed by atoms with van der Waals surface area (Å²) < 4.78 is 6.09. The van der Waals surface area contributed by atoms with Gasteiger partial charge in [0, 0.05) is 5.41 Å². The number of hydrogen-bond donors (Lipinski definition) is 0. The van der Waals surface area contributed by atoms with Crippen LogP contribution >= 0.6 is 0 Å². The summed E-state index contributed by atoms with van der Waals surface area (Å²) in [6.45, 7) is 17.2. The Morgan fingerprint density at radius 1 is 1.09 bits per heavy atom. The molecule has 0 saturated heterocycles. The summed E-state index contributed by atoms with van der Waals surface area (Å²) in [5.74, 6) is 1.92. The van der Waals surface area contributed by atoms with Gasteiger partial charge in [0.1, 0.15) is 0 Å². The van der Waals surface area contributed by atoms with Gasteiger partial charge in [-0.3, -0.25) is 9.69 Å². The lowest BCUT2D eigenvalue weighted by molar-refractivity contribution is -0.155. The summed E-state index contributed by atoms with van der Waals surface area (Å²) in [6.07, 6.45) is 19.8. The van der Waals surface area contributed by atoms with Gasteiger partial charge in [-0.2, -0.15) is 0 Å². The normalized spacial score (nSPS) is 30.5. The van der Waals surface area contributed by atoms with Gasteiger partial charge in [-0.15, -0.1) is 0 Å². The van der Waals surface area contributed by atoms with Crippen molar-refractivity contribution in [2.24, 2.45) is 28.6 Å². The first kappa shape index (κ1) is 28.5. The molecule has 4 atom stereocenters. The van der Waals surface area contributed by atoms with Crippen molar-refractivity contribution >= 4 is 5.97 Å². The van der Waals surface area contributed by atoms with Gasteiger partial charge in [0.25, 0.3) is 0 Å². The third-order valence-electron chi connectivity index (χ3n) is 9.78. The molecule has 3 heteroatoms. The molecule has 3 aliphatic rings. The summed E-state index contributed by atoms with van der Waals surface area (Å²) in [5, 5.41) is 0. The molecule has 0 unspecified atom stereocenters. The monoisotopic (exact) mass is 485 g/mol. The second-order valence-electron chi connectivity index (χ2n) is 12.8. The Bertz CT molecular complexity index is 743. The van der Waals surface area contributed by atoms with Crippen LogP contribution in [-0.4, -0.2) is 37.1 Å². The van der Waals surface area contributed by atoms with E-state index in [0.29, 0.717) is 36.3 Å². The Kier molecular flexibility index (Phi) is 10.5. The van der Waals surface area contributed by atoms with E-state index in [1.807, 2.05) is 0 Å². The number of fused-ring (bicyclic) bond motifs is 3. The number of hydrogen-bond acceptors (Lipinski definition) is 3. The molecule has 0 amide bonds. The van der Waals surface area contributed by atoms with Crippen LogP contribution in [0.2, 0.25) is 0 Å². The number of unbranched alkanes of at least 4 members (excludes halogenated alkanes) is 4. The van der Waals surface area contributed by atoms with Crippen LogP contribution in [0.3, 0.4) is 0 Å². The molecule has 0 aromatic rings. The molecule has 0 aliphatic heterocycles. The first-order valence-corrected chi connectivity index (χ1v) is 15.0. The van der Waals surface area contributed by atoms with Gasteiger partial charge in [0.05, 0.1) is 13.2 Å². The van der Waals surface area contributed by atoms with Crippen molar-refractivity contribution < 1.29 is 9.53 Å². The molecular formula is C32H55NO2. The van der Waals surface area contributed by atoms with E-state index in [-0.39, 0.29) is 11.4 Å². The molecule has 0 N–H and O–H groups in total. The third-order valence-corrected chi connectivity index (χ3v) is 9.78. The van der Waals surface area contributed by atoms with Crippen LogP contribution in [0.25, 0.3) is 0 Å². The lowest BCUT2D eigenvalue weighted by Gasteiger charge is -2.58. The van der Waals surface area contributed by atoms with Crippen LogP contribution in [0, 0.1) is 28.6 Å². The van der Waals surface area contributed by atoms with Crippen LogP contribution in [0.15, 0.2) is 23.3 Å². The van der Waals surface area contributed by atoms with Gasteiger partial charge >= 0.3 is 5.97 Å². The van der Waals surface area contributed by atoms with Crippen molar-refractivity contribution in [2.75, 3.05) is 26.2 Å². The predicted octanol–water partition coefficient (Wildman–Crippen LogP) is 8.35. The van der Waals surface area contributed by atoms with E-state index in [2.05, 4.69) is 58.6 Å². The Morgan fingerprint density at radius 3 is 2.40 bits per heavy atom. The second kappa shape index (κ2) is 12.9. The summed E-state index contributed by atoms with van der Waals surface area (Å²) in [5.41, 5.74) is 3.65. The number of rotatable bonds is 13. The van der Waals surface area contributed by atoms with E-state index in [1.165, 1.54) is 70.6 Å². The fourth-order valence-electron chi connectivity index (χ4n) is 7.56. The molecule has 1 saturated carbocycles. The van der Waals surface area contributed by atoms with Crippen LogP contribution in [0.5, 0.6) is 0 Å². The van der Waals surface area contributed by atoms with Gasteiger partial charge in [0.15, 0.2) is 0 Å². The van der Waals surface area contributed by atoms with Crippen molar-refractivity contribution in [3.8, 4) is 0 Å². The van der Waals surface area contributed by atoms with Gasteiger partial charge in [-0.25, -0.2) is 0 Å². The maximum Gasteiger partial charge on any atom is 0.320 e. The predicted molar refractivity (Wildman–Crippen MR) is 148 cm³/mol. The zero-order chi connectivity index (χ0) is 25.5. The highest BCUT2D eigenvalue weighted by Gasteiger charge is 2.54. The molecule has 0 spiro atoms. The fraction of sp³-hybridized carbons (Fsp3) is 0.844. The highest BCUT2D eigenvalue weighted by molar-refractivity contribution is 5.71. The average Bonchev–Trinajstić information content (AvgIpc) is 2.82. The van der Waals surface area contributed by atoms with Crippen molar-refractivity contribution in [3.05, 3.63) is 23.3 Å². The fourth-order valence-corrected chi connectivity index (χ4v) is 7.56. The maximum atomic E-state index is 13.0. The Balaban J connectivity index is 1.63. The van der Waals surface area contributed by atoms with Gasteiger partial charge in [0.2, 0.25) is 0 Å². The highest BCUT2D eigenvalue weighted by Crippen LogP contribution is 2.62. The standard InChI is InChI=1S/C32H55NO2/c1-7-9-11-20-33(21-12-10-8-2)23-30(34)35-24-31(5)18-13-19-32(6)28-16-14-26(25(3)4)22-27(28)15-17-29(31)32/h15,22,25,28-29H,7-14,16-21,23-24H2,1-6H3/t28-,29+,31+,32-/m0/s1. The smallest absolute Gasteiger partial charge is 0.320 e. The zero-order valence-corrected chi connectivity index (χ0v) is 24.0. The summed E-state index contributed by atoms with van der Waals surface area (Å²) in [6, 6.07) is 0. The third kappa shape index (κ3) is 7.02. The highest BCUT2D eigenvalue weighted by atomic mass is 16.5. The summed E-state index contributed by atoms with van der Waals surface area (Å²) in [4.78, 5) is 15.3. The molecule has 0 bridgehead atoms. The van der Waals surface area contributed by atoms with E-state index < -0.39 is 0 Å². The Morgan fingerprint density at radius 2 is 1.77 bits per heavy atom. The summed E-state index contributed by atoms with van der Waals surface area (Å²) in [7, 11) is 0. The summed E-state index contributed by atoms with van der Waals surface area (Å²) >= 11 is 0. The van der Waals surface area contributed by atoms with Gasteiger partial charge < -0.3 is 4.74 Å². The van der Waals surface area contributed by atoms with Crippen LogP contribution in [-0.2, 0) is 9.53 Å². The number of carbonyl (C=O) groups is 1. The minimum absolute atomic E-state index is 0.0132. The molecule has 3 aliphatic carbocycles. The molecular weight excluding hydrogens is 430 g/mol. The van der Waals surface area contributed by atoms with Gasteiger partial charge in [-0.05, 0) is 86.8 Å². The van der Waals surface area contributed by atoms with Crippen molar-refractivity contribution in [1.29, 1.82) is 0 Å². The molecule has 0 heterocycles. The Hall–Kier alpha value is -1.09. The van der Waals surface area contributed by atoms with E-state index in [4.69, 9.17) is 4.74 Å². The second-order valence-corrected chi connectivity index (χ2v) is 12.8. The Labute approximate surface area is 217 Å². The molecule has 1 fully saturated rings. The molecule has 3 nitrogen and oxygen atoms in total. The first-order valence-electron chi connectivity index (χ1n) is 15.0. The van der Waals surface area contributed by atoms with E-state index in [1.54, 1.807) is 11.1 Å². The van der Waals surface area contributed by atoms with E-state index in [9.17, 15) is 4.79 Å². The minimum atomic E-state index is -0.0132. The number of carbonyl (C=O) groups excluding carboxylic acids is 1. The van der Waals surface area contributed by atoms with Crippen LogP contribution < -0.4 is 0 Å². The number of esters is 1. The topological polar surface area (TPSA) is 29.5 Å². The lowest BCUT2D eigenvalue weighted by atomic mass is 9.47. The van der Waals surface area contributed by atoms with E-state index in [0.717, 1.165) is 19.5 Å². The molecule has 200 valence electrons. The quantitative estimate of drug-likeness (QED) is 0.194. The molecule has 0 aromatic heterocycles. The van der Waals surface area contributed by atoms with Crippen molar-refractivity contribution in [1.82, 2.24) is 4.90 Å². The lowest BCUT2D eigenvalue weighted by Crippen LogP contribution is -2.52. The van der Waals surface area contributed by atoms with Crippen molar-refractivity contribution in [3.63, 3.8) is 0 Å². The zero-order valence-electron chi connectivity index (χ0n) is 24.0. The van der Waals surface area contributed by atoms with Gasteiger partial charge in [-0.1, -0.05) is 91.4 Å².